The molecule has 0 aliphatic heterocycles. The molecule has 0 bridgehead atoms. The summed E-state index contributed by atoms with van der Waals surface area (Å²) >= 11 is 12.0. The van der Waals surface area contributed by atoms with Gasteiger partial charge in [0.05, 0.1) is 4.47 Å². The van der Waals surface area contributed by atoms with Crippen molar-refractivity contribution in [2.24, 2.45) is 0 Å². The monoisotopic (exact) mass is 433 g/mol. The molecular weight excluding hydrogens is 422 g/mol. The third kappa shape index (κ3) is 5.49. The second kappa shape index (κ2) is 8.68. The molecule has 0 fully saturated rings. The summed E-state index contributed by atoms with van der Waals surface area (Å²) in [5.74, 6) is 0.979. The molecule has 0 aliphatic rings. The van der Waals surface area contributed by atoms with Crippen molar-refractivity contribution >= 4 is 61.7 Å². The number of halogens is 2. The molecule has 5 nitrogen and oxygen atoms in total. The van der Waals surface area contributed by atoms with Crippen molar-refractivity contribution in [2.75, 3.05) is 11.1 Å². The van der Waals surface area contributed by atoms with Gasteiger partial charge in [0.2, 0.25) is 5.13 Å². The van der Waals surface area contributed by atoms with Crippen LogP contribution in [0.15, 0.2) is 39.7 Å². The number of aromatic nitrogens is 2. The van der Waals surface area contributed by atoms with Crippen LogP contribution in [-0.2, 0) is 4.79 Å². The zero-order valence-corrected chi connectivity index (χ0v) is 16.1. The molecule has 1 heterocycles. The number of amides is 1. The Kier molecular flexibility index (Phi) is 6.88. The molecule has 122 valence electrons. The van der Waals surface area contributed by atoms with Gasteiger partial charge in [0.1, 0.15) is 5.75 Å². The molecule has 2 aromatic rings. The Morgan fingerprint density at radius 3 is 3.09 bits per heavy atom. The maximum absolute atomic E-state index is 12.2. The van der Waals surface area contributed by atoms with Gasteiger partial charge in [-0.2, -0.15) is 0 Å². The fourth-order valence-electron chi connectivity index (χ4n) is 1.47. The number of nitrogens with one attached hydrogen (secondary N) is 1. The van der Waals surface area contributed by atoms with Crippen LogP contribution in [0, 0.1) is 0 Å². The van der Waals surface area contributed by atoms with E-state index in [1.54, 1.807) is 31.2 Å². The van der Waals surface area contributed by atoms with Gasteiger partial charge in [-0.3, -0.25) is 10.1 Å². The average Bonchev–Trinajstić information content (AvgIpc) is 2.95. The van der Waals surface area contributed by atoms with Gasteiger partial charge < -0.3 is 4.74 Å². The van der Waals surface area contributed by atoms with Crippen LogP contribution in [0.25, 0.3) is 0 Å². The van der Waals surface area contributed by atoms with Gasteiger partial charge in [0, 0.05) is 10.8 Å². The Morgan fingerprint density at radius 1 is 1.61 bits per heavy atom. The lowest BCUT2D eigenvalue weighted by atomic mass is 10.3. The minimum atomic E-state index is -0.694. The summed E-state index contributed by atoms with van der Waals surface area (Å²) in [5.41, 5.74) is 0. The van der Waals surface area contributed by atoms with Gasteiger partial charge in [0.15, 0.2) is 10.4 Å². The molecule has 0 saturated heterocycles. The SMILES string of the molecule is C=CCSc1nnc(NC(=O)C(C)Oc2ccc(Cl)cc2Br)s1. The van der Waals surface area contributed by atoms with Crippen molar-refractivity contribution in [1.29, 1.82) is 0 Å². The van der Waals surface area contributed by atoms with Crippen LogP contribution in [0.5, 0.6) is 5.75 Å². The number of anilines is 1. The Morgan fingerprint density at radius 2 is 2.39 bits per heavy atom. The van der Waals surface area contributed by atoms with Gasteiger partial charge in [0.25, 0.3) is 5.91 Å². The van der Waals surface area contributed by atoms with E-state index < -0.39 is 6.10 Å². The molecule has 1 unspecified atom stereocenters. The van der Waals surface area contributed by atoms with E-state index in [1.165, 1.54) is 23.1 Å². The largest absolute Gasteiger partial charge is 0.480 e. The summed E-state index contributed by atoms with van der Waals surface area (Å²) in [6.45, 7) is 5.30. The summed E-state index contributed by atoms with van der Waals surface area (Å²) in [4.78, 5) is 12.2. The number of thioether (sulfide) groups is 1. The number of carbonyl (C=O) groups is 1. The lowest BCUT2D eigenvalue weighted by molar-refractivity contribution is -0.122. The first-order valence-corrected chi connectivity index (χ1v) is 9.46. The molecule has 1 atom stereocenters. The Balaban J connectivity index is 1.94. The van der Waals surface area contributed by atoms with Crippen LogP contribution in [0.1, 0.15) is 6.92 Å². The normalized spacial score (nSPS) is 11.8. The van der Waals surface area contributed by atoms with Gasteiger partial charge in [-0.15, -0.1) is 16.8 Å². The number of hydrogen-bond acceptors (Lipinski definition) is 6. The number of carbonyl (C=O) groups excluding carboxylic acids is 1. The Hall–Kier alpha value is -1.09. The van der Waals surface area contributed by atoms with Crippen LogP contribution >= 0.6 is 50.6 Å². The molecule has 0 saturated carbocycles. The first-order chi connectivity index (χ1) is 11.0. The number of rotatable bonds is 7. The van der Waals surface area contributed by atoms with Crippen LogP contribution < -0.4 is 10.1 Å². The Labute approximate surface area is 155 Å². The number of nitrogens with zero attached hydrogens (tertiary/aromatic N) is 2. The highest BCUT2D eigenvalue weighted by Crippen LogP contribution is 2.29. The van der Waals surface area contributed by atoms with Gasteiger partial charge >= 0.3 is 0 Å². The summed E-state index contributed by atoms with van der Waals surface area (Å²) in [6.07, 6.45) is 1.09. The van der Waals surface area contributed by atoms with Crippen LogP contribution in [0.3, 0.4) is 0 Å². The summed E-state index contributed by atoms with van der Waals surface area (Å²) in [7, 11) is 0. The summed E-state index contributed by atoms with van der Waals surface area (Å²) < 4.78 is 7.08. The van der Waals surface area contributed by atoms with E-state index >= 15 is 0 Å². The number of ether oxygens (including phenoxy) is 1. The molecule has 1 aromatic carbocycles. The standard InChI is InChI=1S/C14H13BrClN3O2S2/c1-3-6-22-14-19-18-13(23-14)17-12(20)8(2)21-11-5-4-9(16)7-10(11)15/h3-5,7-8H,1,6H2,2H3,(H,17,18,20). The fraction of sp³-hybridized carbons (Fsp3) is 0.214. The minimum Gasteiger partial charge on any atom is -0.480 e. The maximum Gasteiger partial charge on any atom is 0.266 e. The molecular formula is C14H13BrClN3O2S2. The van der Waals surface area contributed by atoms with Crippen LogP contribution in [0.2, 0.25) is 5.02 Å². The van der Waals surface area contributed by atoms with Crippen LogP contribution in [-0.4, -0.2) is 28.0 Å². The van der Waals surface area contributed by atoms with Crippen LogP contribution in [0.4, 0.5) is 5.13 Å². The lowest BCUT2D eigenvalue weighted by Crippen LogP contribution is -2.30. The van der Waals surface area contributed by atoms with E-state index in [2.05, 4.69) is 38.0 Å². The van der Waals surface area contributed by atoms with E-state index in [4.69, 9.17) is 16.3 Å². The van der Waals surface area contributed by atoms with Crippen molar-refractivity contribution in [3.05, 3.63) is 40.3 Å². The van der Waals surface area contributed by atoms with Crippen molar-refractivity contribution in [3.8, 4) is 5.75 Å². The first-order valence-electron chi connectivity index (χ1n) is 6.49. The molecule has 1 aromatic heterocycles. The zero-order chi connectivity index (χ0) is 16.8. The highest BCUT2D eigenvalue weighted by molar-refractivity contribution is 9.10. The van der Waals surface area contributed by atoms with Crippen molar-refractivity contribution < 1.29 is 9.53 Å². The van der Waals surface area contributed by atoms with E-state index in [0.29, 0.717) is 20.4 Å². The minimum absolute atomic E-state index is 0.303. The third-order valence-corrected chi connectivity index (χ3v) is 5.35. The smallest absolute Gasteiger partial charge is 0.266 e. The topological polar surface area (TPSA) is 64.1 Å². The van der Waals surface area contributed by atoms with Crippen molar-refractivity contribution in [2.45, 2.75) is 17.4 Å². The van der Waals surface area contributed by atoms with Crippen molar-refractivity contribution in [3.63, 3.8) is 0 Å². The quantitative estimate of drug-likeness (QED) is 0.391. The predicted molar refractivity (Wildman–Crippen MR) is 98.7 cm³/mol. The fourth-order valence-corrected chi connectivity index (χ4v) is 3.76. The van der Waals surface area contributed by atoms with E-state index in [9.17, 15) is 4.79 Å². The third-order valence-electron chi connectivity index (χ3n) is 2.53. The average molecular weight is 435 g/mol. The zero-order valence-electron chi connectivity index (χ0n) is 12.1. The van der Waals surface area contributed by atoms with E-state index in [1.807, 2.05) is 0 Å². The van der Waals surface area contributed by atoms with Crippen molar-refractivity contribution in [1.82, 2.24) is 10.2 Å². The molecule has 2 rings (SSSR count). The molecule has 0 spiro atoms. The second-order valence-electron chi connectivity index (χ2n) is 4.30. The molecule has 0 aliphatic carbocycles. The summed E-state index contributed by atoms with van der Waals surface area (Å²) in [5, 5.41) is 11.6. The number of benzene rings is 1. The predicted octanol–water partition coefficient (Wildman–Crippen LogP) is 4.64. The van der Waals surface area contributed by atoms with E-state index in [0.717, 1.165) is 10.1 Å². The number of hydrogen-bond donors (Lipinski definition) is 1. The molecule has 1 amide bonds. The molecule has 9 heteroatoms. The highest BCUT2D eigenvalue weighted by Gasteiger charge is 2.18. The molecule has 23 heavy (non-hydrogen) atoms. The van der Waals surface area contributed by atoms with E-state index in [-0.39, 0.29) is 5.91 Å². The molecule has 1 N–H and O–H groups in total. The Bertz CT molecular complexity index is 711. The molecule has 0 radical (unpaired) electrons. The highest BCUT2D eigenvalue weighted by atomic mass is 79.9. The van der Waals surface area contributed by atoms with Gasteiger partial charge in [-0.25, -0.2) is 0 Å². The van der Waals surface area contributed by atoms with Gasteiger partial charge in [-0.05, 0) is 41.1 Å². The summed E-state index contributed by atoms with van der Waals surface area (Å²) in [6, 6.07) is 5.10. The van der Waals surface area contributed by atoms with Gasteiger partial charge in [-0.1, -0.05) is 40.8 Å². The lowest BCUT2D eigenvalue weighted by Gasteiger charge is -2.14. The first kappa shape index (κ1) is 18.3. The second-order valence-corrected chi connectivity index (χ2v) is 7.83. The maximum atomic E-state index is 12.2.